The lowest BCUT2D eigenvalue weighted by molar-refractivity contribution is -0.0453. The van der Waals surface area contributed by atoms with Gasteiger partial charge in [0.15, 0.2) is 11.5 Å². The predicted octanol–water partition coefficient (Wildman–Crippen LogP) is 1.50. The highest BCUT2D eigenvalue weighted by molar-refractivity contribution is 5.62. The summed E-state index contributed by atoms with van der Waals surface area (Å²) in [7, 11) is -0.967. The van der Waals surface area contributed by atoms with Gasteiger partial charge in [-0.05, 0) is 38.0 Å². The van der Waals surface area contributed by atoms with E-state index in [4.69, 9.17) is 24.2 Å². The van der Waals surface area contributed by atoms with Gasteiger partial charge in [0.2, 0.25) is 1.43 Å². The van der Waals surface area contributed by atoms with E-state index in [1.54, 1.807) is 6.08 Å². The van der Waals surface area contributed by atoms with Crippen LogP contribution < -0.4 is 9.47 Å². The highest BCUT2D eigenvalue weighted by Gasteiger charge is 2.64. The van der Waals surface area contributed by atoms with Gasteiger partial charge in [-0.3, -0.25) is 0 Å². The third-order valence-electron chi connectivity index (χ3n) is 5.64. The number of aliphatic hydroxyl groups is 1. The summed E-state index contributed by atoms with van der Waals surface area (Å²) in [5, 5.41) is 4.76. The lowest BCUT2D eigenvalue weighted by Gasteiger charge is -2.56. The van der Waals surface area contributed by atoms with Crippen LogP contribution in [0.4, 0.5) is 0 Å². The number of rotatable bonds is 2. The van der Waals surface area contributed by atoms with Crippen molar-refractivity contribution in [2.24, 2.45) is 5.89 Å². The van der Waals surface area contributed by atoms with Gasteiger partial charge in [-0.25, -0.2) is 0 Å². The number of methoxy groups -OCH3 is 1. The van der Waals surface area contributed by atoms with Gasteiger partial charge in [-0.15, -0.1) is 0 Å². The van der Waals surface area contributed by atoms with E-state index in [2.05, 4.69) is 0 Å². The van der Waals surface area contributed by atoms with Crippen molar-refractivity contribution in [3.8, 4) is 11.5 Å². The van der Waals surface area contributed by atoms with Crippen LogP contribution in [-0.2, 0) is 11.8 Å². The average molecular weight is 307 g/mol. The first-order valence-corrected chi connectivity index (χ1v) is 7.47. The van der Waals surface area contributed by atoms with E-state index in [0.29, 0.717) is 30.5 Å². The number of benzene rings is 1. The molecule has 2 bridgehead atoms. The molecule has 1 fully saturated rings. The smallest absolute Gasteiger partial charge is 0.211 e. The molecule has 1 aromatic carbocycles. The molecule has 22 heavy (non-hydrogen) atoms. The number of piperidine rings is 1. The fourth-order valence-corrected chi connectivity index (χ4v) is 4.68. The monoisotopic (exact) mass is 307 g/mol. The van der Waals surface area contributed by atoms with Crippen molar-refractivity contribution in [2.75, 3.05) is 20.6 Å². The molecule has 0 radical (unpaired) electrons. The van der Waals surface area contributed by atoms with Gasteiger partial charge >= 0.3 is 0 Å². The standard InChI is InChI=1S/C18H21NO3/c1-19-8-7-18-11-4-5-13(20)17(18)22-16-14(21-2)6-3-10(15(16)18)9-12(11)19/h3-6,11-13,17,20H,7-9H2,1-2H3/t11-,12+,13?,17?,18-/m0/s1/i2D3,3D,6D,11D,13D,20D. The molecule has 0 saturated carbocycles. The summed E-state index contributed by atoms with van der Waals surface area (Å²) in [6.45, 7) is 0.595. The van der Waals surface area contributed by atoms with Crippen molar-refractivity contribution in [3.63, 3.8) is 0 Å². The molecule has 4 heteroatoms. The van der Waals surface area contributed by atoms with Crippen LogP contribution in [0.3, 0.4) is 0 Å². The summed E-state index contributed by atoms with van der Waals surface area (Å²) < 4.78 is 76.3. The van der Waals surface area contributed by atoms with E-state index in [1.807, 2.05) is 11.9 Å². The molecule has 1 N–H and O–H groups in total. The van der Waals surface area contributed by atoms with Crippen molar-refractivity contribution in [1.82, 2.24) is 4.90 Å². The molecule has 2 aliphatic carbocycles. The first-order chi connectivity index (χ1) is 13.9. The highest BCUT2D eigenvalue weighted by atomic mass is 16.5. The molecule has 4 nitrogen and oxygen atoms in total. The molecule has 0 amide bonds. The minimum Gasteiger partial charge on any atom is -0.493 e. The zero-order chi connectivity index (χ0) is 21.9. The summed E-state index contributed by atoms with van der Waals surface area (Å²) in [5.41, 5.74) is -0.149. The van der Waals surface area contributed by atoms with Gasteiger partial charge in [-0.1, -0.05) is 18.2 Å². The summed E-state index contributed by atoms with van der Waals surface area (Å²) in [5.74, 6) is -1.63. The van der Waals surface area contributed by atoms with Crippen LogP contribution in [0.5, 0.6) is 11.5 Å². The first kappa shape index (κ1) is 7.37. The van der Waals surface area contributed by atoms with Crippen molar-refractivity contribution in [2.45, 2.75) is 36.5 Å². The molecule has 1 spiro atoms. The topological polar surface area (TPSA) is 41.9 Å². The van der Waals surface area contributed by atoms with Crippen LogP contribution in [0, 0.1) is 5.89 Å². The number of likely N-dealkylation sites (tertiary alicyclic amines) is 1. The summed E-state index contributed by atoms with van der Waals surface area (Å²) >= 11 is 0. The Hall–Kier alpha value is -1.52. The average Bonchev–Trinajstić information content (AvgIpc) is 3.02. The Morgan fingerprint density at radius 1 is 1.59 bits per heavy atom. The largest absolute Gasteiger partial charge is 0.493 e. The number of hydrogen-bond acceptors (Lipinski definition) is 4. The van der Waals surface area contributed by atoms with Crippen molar-refractivity contribution < 1.29 is 24.2 Å². The molecule has 2 unspecified atom stereocenters. The second kappa shape index (κ2) is 4.06. The minimum atomic E-state index is -2.87. The van der Waals surface area contributed by atoms with Crippen LogP contribution in [0.1, 0.15) is 27.1 Å². The van der Waals surface area contributed by atoms with Crippen LogP contribution in [0.15, 0.2) is 24.2 Å². The zero-order valence-corrected chi connectivity index (χ0v) is 12.1. The number of hydrogen-bond donors (Lipinski definition) is 1. The molecular formula is C18H21NO3. The normalized spacial score (nSPS) is 53.5. The molecular weight excluding hydrogens is 278 g/mol. The van der Waals surface area contributed by atoms with Crippen molar-refractivity contribution in [3.05, 3.63) is 35.4 Å². The van der Waals surface area contributed by atoms with Gasteiger partial charge in [0.25, 0.3) is 0 Å². The third-order valence-corrected chi connectivity index (χ3v) is 5.64. The second-order valence-electron chi connectivity index (χ2n) is 6.47. The van der Waals surface area contributed by atoms with Crippen LogP contribution in [0.2, 0.25) is 0 Å². The van der Waals surface area contributed by atoms with Crippen LogP contribution in [0.25, 0.3) is 0 Å². The maximum absolute atomic E-state index is 9.47. The molecule has 1 aromatic rings. The van der Waals surface area contributed by atoms with E-state index in [0.717, 1.165) is 0 Å². The Kier molecular flexibility index (Phi) is 1.36. The summed E-state index contributed by atoms with van der Waals surface area (Å²) in [6, 6.07) is -0.889. The maximum Gasteiger partial charge on any atom is 0.211 e. The summed E-state index contributed by atoms with van der Waals surface area (Å²) in [6.07, 6.45) is 0.611. The predicted molar refractivity (Wildman–Crippen MR) is 82.5 cm³/mol. The Labute approximate surface area is 141 Å². The fourth-order valence-electron chi connectivity index (χ4n) is 4.68. The SMILES string of the molecule is [2H]OC1([2H])C=C[C@@]2([2H])[C@H]3Cc4c([2H])c([2H])c(OC([2H])([2H])[2H])c5c4[C@@]2(CCN3C)C1O5. The fraction of sp³-hybridized carbons (Fsp3) is 0.556. The first-order valence-electron chi connectivity index (χ1n) is 11.4. The molecule has 5 atom stereocenters. The van der Waals surface area contributed by atoms with E-state index >= 15 is 0 Å². The van der Waals surface area contributed by atoms with Crippen LogP contribution >= 0.6 is 0 Å². The van der Waals surface area contributed by atoms with E-state index < -0.39 is 36.6 Å². The minimum absolute atomic E-state index is 0.0101. The molecule has 4 aliphatic rings. The zero-order valence-electron chi connectivity index (χ0n) is 20.1. The van der Waals surface area contributed by atoms with Gasteiger partial charge in [0.05, 0.1) is 15.3 Å². The summed E-state index contributed by atoms with van der Waals surface area (Å²) in [4.78, 5) is 2.04. The second-order valence-corrected chi connectivity index (χ2v) is 6.47. The van der Waals surface area contributed by atoms with Gasteiger partial charge < -0.3 is 19.5 Å². The quantitative estimate of drug-likeness (QED) is 0.841. The molecule has 2 aliphatic heterocycles. The molecule has 116 valence electrons. The van der Waals surface area contributed by atoms with Gasteiger partial charge in [0.1, 0.15) is 12.2 Å². The Morgan fingerprint density at radius 2 is 2.55 bits per heavy atom. The van der Waals surface area contributed by atoms with Gasteiger partial charge in [0, 0.05) is 24.3 Å². The molecule has 2 heterocycles. The maximum atomic E-state index is 9.47. The number of ether oxygens (including phenoxy) is 2. The van der Waals surface area contributed by atoms with E-state index in [-0.39, 0.29) is 23.6 Å². The molecule has 1 saturated heterocycles. The lowest BCUT2D eigenvalue weighted by atomic mass is 9.53. The number of likely N-dealkylation sites (N-methyl/N-ethyl adjacent to an activating group) is 1. The Bertz CT molecular complexity index is 983. The number of nitrogens with zero attached hydrogens (tertiary/aromatic N) is 1. The van der Waals surface area contributed by atoms with E-state index in [1.165, 1.54) is 6.08 Å². The third kappa shape index (κ3) is 1.28. The lowest BCUT2D eigenvalue weighted by Crippen LogP contribution is -2.64. The van der Waals surface area contributed by atoms with Gasteiger partial charge in [-0.2, -0.15) is 0 Å². The Morgan fingerprint density at radius 3 is 3.41 bits per heavy atom. The van der Waals surface area contributed by atoms with Crippen molar-refractivity contribution >= 4 is 0 Å². The van der Waals surface area contributed by atoms with E-state index in [9.17, 15) is 1.37 Å². The van der Waals surface area contributed by atoms with Crippen molar-refractivity contribution in [1.29, 1.82) is 1.43 Å². The van der Waals surface area contributed by atoms with Crippen LogP contribution in [-0.4, -0.2) is 50.3 Å². The molecule has 0 aromatic heterocycles. The highest BCUT2D eigenvalue weighted by Crippen LogP contribution is 2.62. The Balaban J connectivity index is 1.87. The molecule has 5 rings (SSSR count).